The van der Waals surface area contributed by atoms with Gasteiger partial charge >= 0.3 is 6.03 Å². The van der Waals surface area contributed by atoms with E-state index in [2.05, 4.69) is 20.4 Å². The van der Waals surface area contributed by atoms with Gasteiger partial charge in [-0.15, -0.1) is 0 Å². The van der Waals surface area contributed by atoms with Crippen molar-refractivity contribution in [2.75, 3.05) is 18.5 Å². The number of amides is 2. The lowest BCUT2D eigenvalue weighted by atomic mass is 10.2. The Balaban J connectivity index is 1.49. The number of aromatic nitrogens is 3. The van der Waals surface area contributed by atoms with Crippen LogP contribution in [-0.4, -0.2) is 45.3 Å². The molecule has 0 saturated carbocycles. The molecule has 8 heteroatoms. The first-order valence-electron chi connectivity index (χ1n) is 9.64. The van der Waals surface area contributed by atoms with Crippen LogP contribution < -0.4 is 5.32 Å². The lowest BCUT2D eigenvalue weighted by Crippen LogP contribution is -2.39. The molecule has 0 spiro atoms. The van der Waals surface area contributed by atoms with Gasteiger partial charge in [0.1, 0.15) is 0 Å². The fourth-order valence-corrected chi connectivity index (χ4v) is 3.32. The third kappa shape index (κ3) is 4.97. The van der Waals surface area contributed by atoms with E-state index >= 15 is 0 Å². The summed E-state index contributed by atoms with van der Waals surface area (Å²) < 4.78 is 10.8. The zero-order valence-electron chi connectivity index (χ0n) is 16.2. The van der Waals surface area contributed by atoms with Crippen molar-refractivity contribution < 1.29 is 14.1 Å². The maximum absolute atomic E-state index is 13.0. The molecule has 2 aromatic heterocycles. The second-order valence-corrected chi connectivity index (χ2v) is 7.02. The highest BCUT2D eigenvalue weighted by molar-refractivity contribution is 5.90. The lowest BCUT2D eigenvalue weighted by Gasteiger charge is -2.26. The van der Waals surface area contributed by atoms with Gasteiger partial charge in [0.2, 0.25) is 11.7 Å². The van der Waals surface area contributed by atoms with E-state index in [9.17, 15) is 4.79 Å². The molecule has 1 aromatic carbocycles. The largest absolute Gasteiger partial charge is 0.376 e. The topological polar surface area (TPSA) is 93.4 Å². The van der Waals surface area contributed by atoms with E-state index in [1.165, 1.54) is 0 Å². The first kappa shape index (κ1) is 19.1. The summed E-state index contributed by atoms with van der Waals surface area (Å²) >= 11 is 0. The number of rotatable bonds is 6. The molecule has 29 heavy (non-hydrogen) atoms. The quantitative estimate of drug-likeness (QED) is 0.687. The summed E-state index contributed by atoms with van der Waals surface area (Å²) in [7, 11) is 0. The molecular weight excluding hydrogens is 370 g/mol. The molecule has 0 aliphatic carbocycles. The number of carbonyl (C=O) groups is 1. The number of hydrogen-bond acceptors (Lipinski definition) is 6. The summed E-state index contributed by atoms with van der Waals surface area (Å²) in [6, 6.07) is 11.0. The van der Waals surface area contributed by atoms with E-state index in [1.54, 1.807) is 24.2 Å². The summed E-state index contributed by atoms with van der Waals surface area (Å²) in [6.45, 7) is 3.48. The van der Waals surface area contributed by atoms with Gasteiger partial charge in [-0.2, -0.15) is 4.98 Å². The molecule has 0 bridgehead atoms. The number of benzene rings is 1. The highest BCUT2D eigenvalue weighted by Gasteiger charge is 2.23. The van der Waals surface area contributed by atoms with Crippen LogP contribution in [0, 0.1) is 6.92 Å². The number of nitrogens with one attached hydrogen (secondary N) is 1. The Morgan fingerprint density at radius 3 is 2.97 bits per heavy atom. The summed E-state index contributed by atoms with van der Waals surface area (Å²) in [6.07, 6.45) is 5.54. The van der Waals surface area contributed by atoms with Crippen molar-refractivity contribution in [3.63, 3.8) is 0 Å². The van der Waals surface area contributed by atoms with Gasteiger partial charge in [0, 0.05) is 50.3 Å². The van der Waals surface area contributed by atoms with Crippen LogP contribution in [0.5, 0.6) is 0 Å². The SMILES string of the molecule is Cc1nc(-c2cccc(NC(=O)N(Cc3cccnc3)CC3CCCO3)c2)no1. The average molecular weight is 393 g/mol. The maximum Gasteiger partial charge on any atom is 0.322 e. The minimum absolute atomic E-state index is 0.0612. The summed E-state index contributed by atoms with van der Waals surface area (Å²) in [5.41, 5.74) is 2.41. The molecule has 3 heterocycles. The molecule has 8 nitrogen and oxygen atoms in total. The molecule has 1 saturated heterocycles. The Bertz CT molecular complexity index is 954. The Hall–Kier alpha value is -3.26. The molecule has 1 aliphatic heterocycles. The smallest absolute Gasteiger partial charge is 0.322 e. The second kappa shape index (κ2) is 8.83. The monoisotopic (exact) mass is 393 g/mol. The molecule has 0 radical (unpaired) electrons. The van der Waals surface area contributed by atoms with E-state index < -0.39 is 0 Å². The summed E-state index contributed by atoms with van der Waals surface area (Å²) in [5, 5.41) is 6.91. The average Bonchev–Trinajstić information content (AvgIpc) is 3.40. The Morgan fingerprint density at radius 2 is 2.24 bits per heavy atom. The molecule has 3 aromatic rings. The molecule has 1 fully saturated rings. The first-order valence-corrected chi connectivity index (χ1v) is 9.64. The van der Waals surface area contributed by atoms with E-state index in [1.807, 2.05) is 36.4 Å². The van der Waals surface area contributed by atoms with E-state index in [0.29, 0.717) is 30.5 Å². The van der Waals surface area contributed by atoms with Crippen molar-refractivity contribution in [2.24, 2.45) is 0 Å². The van der Waals surface area contributed by atoms with Gasteiger partial charge in [-0.25, -0.2) is 4.79 Å². The minimum Gasteiger partial charge on any atom is -0.376 e. The predicted octanol–water partition coefficient (Wildman–Crippen LogP) is 3.65. The number of ether oxygens (including phenoxy) is 1. The van der Waals surface area contributed by atoms with Crippen LogP contribution in [0.25, 0.3) is 11.4 Å². The Morgan fingerprint density at radius 1 is 1.31 bits per heavy atom. The Labute approximate surface area is 168 Å². The predicted molar refractivity (Wildman–Crippen MR) is 107 cm³/mol. The number of aryl methyl sites for hydroxylation is 1. The number of urea groups is 1. The summed E-state index contributed by atoms with van der Waals surface area (Å²) in [4.78, 5) is 23.2. The van der Waals surface area contributed by atoms with Gasteiger partial charge in [0.15, 0.2) is 0 Å². The zero-order chi connectivity index (χ0) is 20.1. The number of hydrogen-bond donors (Lipinski definition) is 1. The third-order valence-corrected chi connectivity index (χ3v) is 4.73. The van der Waals surface area contributed by atoms with Gasteiger partial charge in [-0.1, -0.05) is 23.4 Å². The highest BCUT2D eigenvalue weighted by atomic mass is 16.5. The fourth-order valence-electron chi connectivity index (χ4n) is 3.32. The number of nitrogens with zero attached hydrogens (tertiary/aromatic N) is 4. The van der Waals surface area contributed by atoms with Crippen LogP contribution in [0.1, 0.15) is 24.3 Å². The van der Waals surface area contributed by atoms with Crippen molar-refractivity contribution in [3.8, 4) is 11.4 Å². The number of pyridine rings is 1. The molecule has 1 N–H and O–H groups in total. The van der Waals surface area contributed by atoms with Crippen LogP contribution in [0.2, 0.25) is 0 Å². The number of carbonyl (C=O) groups excluding carboxylic acids is 1. The molecule has 1 atom stereocenters. The number of anilines is 1. The van der Waals surface area contributed by atoms with Crippen molar-refractivity contribution >= 4 is 11.7 Å². The zero-order valence-corrected chi connectivity index (χ0v) is 16.2. The van der Waals surface area contributed by atoms with E-state index in [0.717, 1.165) is 30.6 Å². The molecular formula is C21H23N5O3. The van der Waals surface area contributed by atoms with Gasteiger partial charge < -0.3 is 19.5 Å². The van der Waals surface area contributed by atoms with Crippen molar-refractivity contribution in [1.82, 2.24) is 20.0 Å². The fraction of sp³-hybridized carbons (Fsp3) is 0.333. The highest BCUT2D eigenvalue weighted by Crippen LogP contribution is 2.21. The Kier molecular flexibility index (Phi) is 5.81. The van der Waals surface area contributed by atoms with Crippen LogP contribution >= 0.6 is 0 Å². The van der Waals surface area contributed by atoms with Crippen molar-refractivity contribution in [3.05, 3.63) is 60.2 Å². The van der Waals surface area contributed by atoms with Gasteiger partial charge in [-0.3, -0.25) is 4.98 Å². The molecule has 1 aliphatic rings. The van der Waals surface area contributed by atoms with E-state index in [4.69, 9.17) is 9.26 Å². The molecule has 150 valence electrons. The van der Waals surface area contributed by atoms with Gasteiger partial charge in [0.05, 0.1) is 6.10 Å². The maximum atomic E-state index is 13.0. The van der Waals surface area contributed by atoms with Crippen LogP contribution in [0.15, 0.2) is 53.3 Å². The minimum atomic E-state index is -0.189. The van der Waals surface area contributed by atoms with Gasteiger partial charge in [-0.05, 0) is 36.6 Å². The van der Waals surface area contributed by atoms with Crippen LogP contribution in [0.3, 0.4) is 0 Å². The van der Waals surface area contributed by atoms with Crippen LogP contribution in [0.4, 0.5) is 10.5 Å². The van der Waals surface area contributed by atoms with Crippen molar-refractivity contribution in [1.29, 1.82) is 0 Å². The molecule has 1 unspecified atom stereocenters. The van der Waals surface area contributed by atoms with Crippen molar-refractivity contribution in [2.45, 2.75) is 32.4 Å². The van der Waals surface area contributed by atoms with Crippen LogP contribution in [-0.2, 0) is 11.3 Å². The standard InChI is InChI=1S/C21H23N5O3/c1-15-23-20(25-29-15)17-6-2-7-18(11-17)24-21(27)26(14-19-8-4-10-28-19)13-16-5-3-9-22-12-16/h2-3,5-7,9,11-12,19H,4,8,10,13-14H2,1H3,(H,24,27). The molecule has 4 rings (SSSR count). The lowest BCUT2D eigenvalue weighted by molar-refractivity contribution is 0.0819. The van der Waals surface area contributed by atoms with E-state index in [-0.39, 0.29) is 12.1 Å². The first-order chi connectivity index (χ1) is 14.2. The molecule has 2 amide bonds. The normalized spacial score (nSPS) is 16.0. The summed E-state index contributed by atoms with van der Waals surface area (Å²) in [5.74, 6) is 0.985. The second-order valence-electron chi connectivity index (χ2n) is 7.02. The third-order valence-electron chi connectivity index (χ3n) is 4.73. The van der Waals surface area contributed by atoms with Gasteiger partial charge in [0.25, 0.3) is 0 Å².